The number of carbonyl (C=O) groups excluding carboxylic acids is 2. The molecule has 0 radical (unpaired) electrons. The van der Waals surface area contributed by atoms with E-state index in [0.717, 1.165) is 36.8 Å². The van der Waals surface area contributed by atoms with Gasteiger partial charge in [0.1, 0.15) is 17.6 Å². The molecule has 11 nitrogen and oxygen atoms in total. The van der Waals surface area contributed by atoms with Crippen molar-refractivity contribution in [2.45, 2.75) is 44.9 Å². The molecule has 0 spiro atoms. The molecule has 1 aromatic carbocycles. The topological polar surface area (TPSA) is 108 Å². The predicted molar refractivity (Wildman–Crippen MR) is 167 cm³/mol. The summed E-state index contributed by atoms with van der Waals surface area (Å²) in [7, 11) is 3.32. The van der Waals surface area contributed by atoms with E-state index >= 15 is 0 Å². The Morgan fingerprint density at radius 1 is 1.11 bits per heavy atom. The molecular weight excluding hydrogens is 613 g/mol. The van der Waals surface area contributed by atoms with Gasteiger partial charge in [-0.25, -0.2) is 4.52 Å². The Balaban J connectivity index is 1.20. The highest BCUT2D eigenvalue weighted by Crippen LogP contribution is 2.35. The lowest BCUT2D eigenvalue weighted by Crippen LogP contribution is -2.43. The number of pyridine rings is 1. The summed E-state index contributed by atoms with van der Waals surface area (Å²) < 4.78 is 50.0. The molecule has 1 atom stereocenters. The lowest BCUT2D eigenvalue weighted by molar-refractivity contribution is -0.138. The molecule has 6 rings (SSSR count). The van der Waals surface area contributed by atoms with E-state index in [1.165, 1.54) is 21.8 Å². The zero-order valence-electron chi connectivity index (χ0n) is 26.5. The van der Waals surface area contributed by atoms with Gasteiger partial charge in [0.05, 0.1) is 29.4 Å². The molecule has 47 heavy (non-hydrogen) atoms. The molecule has 0 unspecified atom stereocenters. The Labute approximate surface area is 270 Å². The number of halogens is 3. The van der Waals surface area contributed by atoms with Crippen LogP contribution in [0.4, 0.5) is 13.2 Å². The van der Waals surface area contributed by atoms with Crippen LogP contribution >= 0.6 is 0 Å². The van der Waals surface area contributed by atoms with E-state index in [1.807, 2.05) is 17.9 Å². The number of amides is 2. The van der Waals surface area contributed by atoms with Crippen molar-refractivity contribution in [1.82, 2.24) is 39.6 Å². The van der Waals surface area contributed by atoms with Crippen molar-refractivity contribution >= 4 is 17.3 Å². The summed E-state index contributed by atoms with van der Waals surface area (Å²) in [5.41, 5.74) is 2.43. The van der Waals surface area contributed by atoms with Crippen molar-refractivity contribution in [2.75, 3.05) is 46.8 Å². The third-order valence-corrected chi connectivity index (χ3v) is 8.69. The SMILES string of the molecule is CC[C@H]1CN(C(=O)Cc2ccc(CN3CCNCC3)c(C(F)(F)F)c2)Cc2cc(Oc3ncnn4cc(C(=O)N(C)C)cc34)cnc21. The number of aromatic nitrogens is 4. The minimum absolute atomic E-state index is 0.0418. The monoisotopic (exact) mass is 650 g/mol. The summed E-state index contributed by atoms with van der Waals surface area (Å²) in [5, 5.41) is 7.39. The molecule has 0 saturated carbocycles. The van der Waals surface area contributed by atoms with E-state index in [9.17, 15) is 22.8 Å². The smallest absolute Gasteiger partial charge is 0.416 e. The second kappa shape index (κ2) is 13.3. The second-order valence-electron chi connectivity index (χ2n) is 12.2. The van der Waals surface area contributed by atoms with E-state index < -0.39 is 11.7 Å². The molecule has 1 N–H and O–H groups in total. The second-order valence-corrected chi connectivity index (χ2v) is 12.2. The van der Waals surface area contributed by atoms with E-state index in [2.05, 4.69) is 20.4 Å². The van der Waals surface area contributed by atoms with Gasteiger partial charge in [-0.15, -0.1) is 0 Å². The number of hydrogen-bond donors (Lipinski definition) is 1. The van der Waals surface area contributed by atoms with Gasteiger partial charge in [-0.05, 0) is 41.3 Å². The third kappa shape index (κ3) is 7.08. The number of piperazine rings is 1. The molecule has 14 heteroatoms. The molecule has 1 fully saturated rings. The van der Waals surface area contributed by atoms with Gasteiger partial charge in [-0.3, -0.25) is 19.5 Å². The molecule has 2 amide bonds. The molecule has 4 aromatic rings. The van der Waals surface area contributed by atoms with Crippen LogP contribution in [0.1, 0.15) is 57.6 Å². The molecule has 2 aliphatic rings. The average Bonchev–Trinajstić information content (AvgIpc) is 3.50. The van der Waals surface area contributed by atoms with Gasteiger partial charge in [-0.1, -0.05) is 19.1 Å². The van der Waals surface area contributed by atoms with E-state index in [1.54, 1.807) is 43.5 Å². The number of carbonyl (C=O) groups is 2. The van der Waals surface area contributed by atoms with Gasteiger partial charge < -0.3 is 19.9 Å². The van der Waals surface area contributed by atoms with Crippen molar-refractivity contribution in [3.63, 3.8) is 0 Å². The number of hydrogen-bond acceptors (Lipinski definition) is 8. The summed E-state index contributed by atoms with van der Waals surface area (Å²) in [6.45, 7) is 5.74. The highest BCUT2D eigenvalue weighted by atomic mass is 19.4. The summed E-state index contributed by atoms with van der Waals surface area (Å²) in [6, 6.07) is 7.73. The fraction of sp³-hybridized carbons (Fsp3) is 0.424. The molecule has 5 heterocycles. The van der Waals surface area contributed by atoms with Gasteiger partial charge in [0, 0.05) is 72.0 Å². The van der Waals surface area contributed by atoms with Gasteiger partial charge >= 0.3 is 6.18 Å². The van der Waals surface area contributed by atoms with Crippen LogP contribution in [0.15, 0.2) is 49.1 Å². The van der Waals surface area contributed by atoms with Crippen LogP contribution < -0.4 is 10.1 Å². The first-order valence-electron chi connectivity index (χ1n) is 15.6. The molecule has 0 bridgehead atoms. The van der Waals surface area contributed by atoms with Gasteiger partial charge in [0.15, 0.2) is 0 Å². The van der Waals surface area contributed by atoms with Gasteiger partial charge in [0.2, 0.25) is 11.8 Å². The Morgan fingerprint density at radius 3 is 2.62 bits per heavy atom. The number of alkyl halides is 3. The van der Waals surface area contributed by atoms with Crippen molar-refractivity contribution in [1.29, 1.82) is 0 Å². The largest absolute Gasteiger partial charge is 0.435 e. The van der Waals surface area contributed by atoms with Crippen LogP contribution in [0.3, 0.4) is 0 Å². The maximum absolute atomic E-state index is 14.1. The van der Waals surface area contributed by atoms with Crippen LogP contribution in [0, 0.1) is 0 Å². The summed E-state index contributed by atoms with van der Waals surface area (Å²) in [5.74, 6) is 0.140. The summed E-state index contributed by atoms with van der Waals surface area (Å²) >= 11 is 0. The van der Waals surface area contributed by atoms with E-state index in [-0.39, 0.29) is 48.7 Å². The molecule has 3 aromatic heterocycles. The lowest BCUT2D eigenvalue weighted by atomic mass is 9.92. The number of nitrogens with one attached hydrogen (secondary N) is 1. The van der Waals surface area contributed by atoms with E-state index in [4.69, 9.17) is 4.74 Å². The average molecular weight is 651 g/mol. The lowest BCUT2D eigenvalue weighted by Gasteiger charge is -2.34. The number of ether oxygens (including phenoxy) is 1. The first-order chi connectivity index (χ1) is 22.5. The van der Waals surface area contributed by atoms with Crippen molar-refractivity contribution in [2.24, 2.45) is 0 Å². The van der Waals surface area contributed by atoms with Crippen LogP contribution in [0.2, 0.25) is 0 Å². The first-order valence-corrected chi connectivity index (χ1v) is 15.6. The van der Waals surface area contributed by atoms with Crippen LogP contribution in [-0.2, 0) is 30.5 Å². The fourth-order valence-corrected chi connectivity index (χ4v) is 6.19. The van der Waals surface area contributed by atoms with Crippen LogP contribution in [0.5, 0.6) is 11.6 Å². The zero-order chi connectivity index (χ0) is 33.3. The predicted octanol–water partition coefficient (Wildman–Crippen LogP) is 4.12. The van der Waals surface area contributed by atoms with Gasteiger partial charge in [0.25, 0.3) is 5.91 Å². The number of nitrogens with zero attached hydrogens (tertiary/aromatic N) is 7. The third-order valence-electron chi connectivity index (χ3n) is 8.69. The Morgan fingerprint density at radius 2 is 1.89 bits per heavy atom. The normalized spacial score (nSPS) is 17.1. The van der Waals surface area contributed by atoms with Crippen LogP contribution in [-0.4, -0.2) is 92.9 Å². The maximum Gasteiger partial charge on any atom is 0.416 e. The number of rotatable bonds is 8. The van der Waals surface area contributed by atoms with Crippen molar-refractivity contribution in [3.05, 3.63) is 82.6 Å². The highest BCUT2D eigenvalue weighted by Gasteiger charge is 2.35. The number of fused-ring (bicyclic) bond motifs is 2. The first kappa shape index (κ1) is 32.4. The minimum atomic E-state index is -4.53. The van der Waals surface area contributed by atoms with Crippen LogP contribution in [0.25, 0.3) is 5.52 Å². The quantitative estimate of drug-likeness (QED) is 0.304. The minimum Gasteiger partial charge on any atom is -0.435 e. The molecule has 0 aliphatic carbocycles. The summed E-state index contributed by atoms with van der Waals surface area (Å²) in [4.78, 5) is 40.1. The van der Waals surface area contributed by atoms with E-state index in [0.29, 0.717) is 42.0 Å². The molecule has 1 saturated heterocycles. The zero-order valence-corrected chi connectivity index (χ0v) is 26.5. The Kier molecular flexibility index (Phi) is 9.15. The maximum atomic E-state index is 14.1. The summed E-state index contributed by atoms with van der Waals surface area (Å²) in [6.07, 6.45) is 0.585. The molecule has 248 valence electrons. The van der Waals surface area contributed by atoms with Crippen molar-refractivity contribution in [3.8, 4) is 11.6 Å². The Bertz CT molecular complexity index is 1780. The molecule has 2 aliphatic heterocycles. The van der Waals surface area contributed by atoms with Gasteiger partial charge in [-0.2, -0.15) is 23.3 Å². The molecular formula is C33H37F3N8O3. The Hall–Kier alpha value is -4.56. The highest BCUT2D eigenvalue weighted by molar-refractivity contribution is 5.95. The fourth-order valence-electron chi connectivity index (χ4n) is 6.19. The number of benzene rings is 1. The standard InChI is InChI=1S/C33H37F3N8O3/c1-4-22-17-43(29(45)12-21-5-6-23(27(11-21)33(34,35)36)16-42-9-7-37-8-10-42)18-24-13-26(15-38-30(22)24)47-31-28-14-25(32(46)41(2)3)19-44(28)40-20-39-31/h5-6,11,13-15,19-20,22,37H,4,7-10,12,16-18H2,1-3H3/t22-/m0/s1. The van der Waals surface area contributed by atoms with Crippen molar-refractivity contribution < 1.29 is 27.5 Å².